The van der Waals surface area contributed by atoms with Gasteiger partial charge in [0.15, 0.2) is 0 Å². The molecule has 5 rings (SSSR count). The van der Waals surface area contributed by atoms with Gasteiger partial charge in [-0.25, -0.2) is 4.79 Å². The van der Waals surface area contributed by atoms with Gasteiger partial charge in [0.25, 0.3) is 0 Å². The van der Waals surface area contributed by atoms with E-state index >= 15 is 0 Å². The van der Waals surface area contributed by atoms with Crippen molar-refractivity contribution >= 4 is 34.2 Å². The van der Waals surface area contributed by atoms with E-state index < -0.39 is 5.97 Å². The lowest BCUT2D eigenvalue weighted by atomic mass is 9.81. The highest BCUT2D eigenvalue weighted by molar-refractivity contribution is 6.38. The zero-order valence-corrected chi connectivity index (χ0v) is 18.3. The number of hydrogen-bond acceptors (Lipinski definition) is 2. The highest BCUT2D eigenvalue weighted by atomic mass is 35.5. The molecule has 2 aliphatic rings. The highest BCUT2D eigenvalue weighted by Crippen LogP contribution is 2.48. The van der Waals surface area contributed by atoms with Gasteiger partial charge in [-0.05, 0) is 48.9 Å². The molecule has 0 unspecified atom stereocenters. The van der Waals surface area contributed by atoms with Crippen LogP contribution in [0.4, 0.5) is 5.69 Å². The van der Waals surface area contributed by atoms with E-state index in [1.165, 1.54) is 60.2 Å². The Labute approximate surface area is 182 Å². The lowest BCUT2D eigenvalue weighted by Gasteiger charge is -2.24. The van der Waals surface area contributed by atoms with Crippen molar-refractivity contribution in [3.8, 4) is 11.3 Å². The molecule has 1 aliphatic carbocycles. The Morgan fingerprint density at radius 2 is 1.87 bits per heavy atom. The quantitative estimate of drug-likeness (QED) is 0.515. The van der Waals surface area contributed by atoms with Crippen LogP contribution in [0.1, 0.15) is 59.5 Å². The number of carboxylic acid groups (broad SMARTS) is 1. The van der Waals surface area contributed by atoms with E-state index in [9.17, 15) is 9.90 Å². The van der Waals surface area contributed by atoms with Gasteiger partial charge in [-0.15, -0.1) is 0 Å². The van der Waals surface area contributed by atoms with Crippen molar-refractivity contribution in [2.24, 2.45) is 0 Å². The summed E-state index contributed by atoms with van der Waals surface area (Å²) in [5.74, 6) is -0.486. The lowest BCUT2D eigenvalue weighted by molar-refractivity contribution is 0.0697. The summed E-state index contributed by atoms with van der Waals surface area (Å²) in [7, 11) is 2.14. The number of likely N-dealkylation sites (N-methyl/N-ethyl adjacent to an activating group) is 1. The van der Waals surface area contributed by atoms with E-state index in [0.29, 0.717) is 10.9 Å². The van der Waals surface area contributed by atoms with Crippen molar-refractivity contribution in [3.05, 3.63) is 52.0 Å². The molecule has 0 radical (unpaired) electrons. The van der Waals surface area contributed by atoms with Crippen molar-refractivity contribution in [2.45, 2.75) is 51.5 Å². The Balaban J connectivity index is 1.89. The van der Waals surface area contributed by atoms with Crippen LogP contribution in [0.15, 0.2) is 30.3 Å². The number of carboxylic acids is 1. The van der Waals surface area contributed by atoms with Gasteiger partial charge in [0, 0.05) is 36.8 Å². The van der Waals surface area contributed by atoms with E-state index in [4.69, 9.17) is 11.6 Å². The molecule has 30 heavy (non-hydrogen) atoms. The third kappa shape index (κ3) is 2.92. The molecule has 3 aromatic rings. The lowest BCUT2D eigenvalue weighted by Crippen LogP contribution is -2.20. The molecule has 156 valence electrons. The summed E-state index contributed by atoms with van der Waals surface area (Å²) in [5.41, 5.74) is 7.38. The average Bonchev–Trinajstić information content (AvgIpc) is 3.00. The molecular formula is C25H27ClN2O2. The van der Waals surface area contributed by atoms with Gasteiger partial charge in [0.1, 0.15) is 0 Å². The van der Waals surface area contributed by atoms with Crippen LogP contribution in [0.5, 0.6) is 0 Å². The number of aromatic nitrogens is 1. The van der Waals surface area contributed by atoms with Crippen molar-refractivity contribution in [3.63, 3.8) is 0 Å². The summed E-state index contributed by atoms with van der Waals surface area (Å²) in [6.45, 7) is 3.77. The average molecular weight is 423 g/mol. The van der Waals surface area contributed by atoms with Crippen molar-refractivity contribution in [1.82, 2.24) is 4.57 Å². The van der Waals surface area contributed by atoms with E-state index in [1.807, 2.05) is 6.07 Å². The van der Waals surface area contributed by atoms with Crippen molar-refractivity contribution in [2.75, 3.05) is 18.5 Å². The van der Waals surface area contributed by atoms with Gasteiger partial charge in [0.05, 0.1) is 21.8 Å². The number of aromatic carboxylic acids is 1. The predicted molar refractivity (Wildman–Crippen MR) is 123 cm³/mol. The summed E-state index contributed by atoms with van der Waals surface area (Å²) in [4.78, 5) is 14.1. The summed E-state index contributed by atoms with van der Waals surface area (Å²) in [6, 6.07) is 10.3. The number of hydrogen-bond donors (Lipinski definition) is 1. The largest absolute Gasteiger partial charge is 0.478 e. The number of carbonyl (C=O) groups is 1. The Bertz CT molecular complexity index is 1160. The summed E-state index contributed by atoms with van der Waals surface area (Å²) in [6.07, 6.45) is 6.16. The number of anilines is 1. The minimum atomic E-state index is -0.974. The molecular weight excluding hydrogens is 396 g/mol. The molecule has 2 heterocycles. The van der Waals surface area contributed by atoms with Crippen LogP contribution in [0.2, 0.25) is 5.02 Å². The zero-order valence-electron chi connectivity index (χ0n) is 17.5. The Hall–Kier alpha value is -2.46. The number of rotatable bonds is 2. The third-order valence-electron chi connectivity index (χ3n) is 6.92. The molecule has 1 fully saturated rings. The van der Waals surface area contributed by atoms with E-state index in [-0.39, 0.29) is 5.56 Å². The molecule has 5 heteroatoms. The molecule has 0 spiro atoms. The Kier molecular flexibility index (Phi) is 4.78. The molecule has 0 bridgehead atoms. The maximum absolute atomic E-state index is 11.8. The first-order valence-corrected chi connectivity index (χ1v) is 11.2. The summed E-state index contributed by atoms with van der Waals surface area (Å²) in [5, 5.41) is 11.2. The monoisotopic (exact) mass is 422 g/mol. The number of benzene rings is 2. The van der Waals surface area contributed by atoms with Crippen LogP contribution in [0, 0.1) is 6.92 Å². The molecule has 1 aliphatic heterocycles. The van der Waals surface area contributed by atoms with Crippen molar-refractivity contribution in [1.29, 1.82) is 0 Å². The van der Waals surface area contributed by atoms with Gasteiger partial charge in [-0.2, -0.15) is 0 Å². The molecule has 2 aromatic carbocycles. The number of halogens is 1. The number of aryl methyl sites for hydroxylation is 1. The molecule has 1 saturated carbocycles. The second-order valence-electron chi connectivity index (χ2n) is 8.82. The molecule has 0 amide bonds. The normalized spacial score (nSPS) is 17.0. The highest BCUT2D eigenvalue weighted by Gasteiger charge is 2.31. The van der Waals surface area contributed by atoms with Gasteiger partial charge < -0.3 is 14.6 Å². The third-order valence-corrected chi connectivity index (χ3v) is 7.31. The molecule has 1 N–H and O–H groups in total. The second kappa shape index (κ2) is 7.35. The zero-order chi connectivity index (χ0) is 21.0. The topological polar surface area (TPSA) is 45.5 Å². The number of nitrogens with zero attached hydrogens (tertiary/aromatic N) is 2. The Morgan fingerprint density at radius 1 is 1.10 bits per heavy atom. The first-order chi connectivity index (χ1) is 14.5. The first kappa shape index (κ1) is 19.5. The second-order valence-corrected chi connectivity index (χ2v) is 9.20. The predicted octanol–water partition coefficient (Wildman–Crippen LogP) is 6.47. The van der Waals surface area contributed by atoms with E-state index in [0.717, 1.165) is 24.0 Å². The van der Waals surface area contributed by atoms with Crippen molar-refractivity contribution < 1.29 is 9.90 Å². The van der Waals surface area contributed by atoms with Crippen LogP contribution < -0.4 is 4.90 Å². The molecule has 4 nitrogen and oxygen atoms in total. The first-order valence-electron chi connectivity index (χ1n) is 10.9. The van der Waals surface area contributed by atoms with Gasteiger partial charge >= 0.3 is 5.97 Å². The fourth-order valence-corrected chi connectivity index (χ4v) is 5.79. The summed E-state index contributed by atoms with van der Waals surface area (Å²) < 4.78 is 2.30. The van der Waals surface area contributed by atoms with Crippen LogP contribution in [-0.4, -0.2) is 29.2 Å². The van der Waals surface area contributed by atoms with E-state index in [1.54, 1.807) is 6.07 Å². The maximum atomic E-state index is 11.8. The van der Waals surface area contributed by atoms with Gasteiger partial charge in [-0.1, -0.05) is 49.1 Å². The molecule has 0 atom stereocenters. The van der Waals surface area contributed by atoms with Crippen LogP contribution >= 0.6 is 11.6 Å². The smallest absolute Gasteiger partial charge is 0.337 e. The SMILES string of the molecule is Cc1ccc2c(c1)N(C)CCn1c-2c(C2CCCCC2)c2ccc(C(=O)O)c(Cl)c21. The summed E-state index contributed by atoms with van der Waals surface area (Å²) >= 11 is 6.75. The van der Waals surface area contributed by atoms with Gasteiger partial charge in [-0.3, -0.25) is 0 Å². The minimum absolute atomic E-state index is 0.182. The molecule has 1 aromatic heterocycles. The fourth-order valence-electron chi connectivity index (χ4n) is 5.44. The standard InChI is InChI=1S/C25H27ClN2O2/c1-15-8-9-17-20(14-15)27(2)12-13-28-23(17)21(16-6-4-3-5-7-16)18-10-11-19(25(29)30)22(26)24(18)28/h8-11,14,16H,3-7,12-13H2,1-2H3,(H,29,30). The number of fused-ring (bicyclic) bond motifs is 5. The fraction of sp³-hybridized carbons (Fsp3) is 0.400. The van der Waals surface area contributed by atoms with Gasteiger partial charge in [0.2, 0.25) is 0 Å². The van der Waals surface area contributed by atoms with Crippen LogP contribution in [0.25, 0.3) is 22.2 Å². The maximum Gasteiger partial charge on any atom is 0.337 e. The van der Waals surface area contributed by atoms with Crippen LogP contribution in [-0.2, 0) is 6.54 Å². The Morgan fingerprint density at radius 3 is 2.60 bits per heavy atom. The van der Waals surface area contributed by atoms with Crippen LogP contribution in [0.3, 0.4) is 0 Å². The van der Waals surface area contributed by atoms with E-state index in [2.05, 4.69) is 41.6 Å². The molecule has 0 saturated heterocycles. The minimum Gasteiger partial charge on any atom is -0.478 e.